The molecule has 0 aliphatic carbocycles. The Morgan fingerprint density at radius 3 is 2.95 bits per heavy atom. The van der Waals surface area contributed by atoms with Gasteiger partial charge in [0.05, 0.1) is 12.1 Å². The van der Waals surface area contributed by atoms with Crippen molar-refractivity contribution in [3.8, 4) is 5.75 Å². The Hall–Kier alpha value is -1.75. The van der Waals surface area contributed by atoms with Gasteiger partial charge in [-0.3, -0.25) is 5.10 Å². The van der Waals surface area contributed by atoms with Crippen molar-refractivity contribution in [1.29, 1.82) is 0 Å². The fourth-order valence-electron chi connectivity index (χ4n) is 2.70. The average molecular weight is 260 g/mol. The van der Waals surface area contributed by atoms with E-state index in [1.54, 1.807) is 0 Å². The molecule has 102 valence electrons. The Bertz CT molecular complexity index is 572. The van der Waals surface area contributed by atoms with E-state index in [0.717, 1.165) is 41.9 Å². The fraction of sp³-hybridized carbons (Fsp3) is 0.500. The molecule has 1 fully saturated rings. The largest absolute Gasteiger partial charge is 0.493 e. The Morgan fingerprint density at radius 2 is 2.16 bits per heavy atom. The Kier molecular flexibility index (Phi) is 3.29. The van der Waals surface area contributed by atoms with Crippen LogP contribution in [0.5, 0.6) is 5.75 Å². The van der Waals surface area contributed by atoms with Crippen molar-refractivity contribution >= 4 is 16.7 Å². The summed E-state index contributed by atoms with van der Waals surface area (Å²) in [6.45, 7) is 5.02. The van der Waals surface area contributed by atoms with E-state index >= 15 is 0 Å². The zero-order valence-electron chi connectivity index (χ0n) is 11.2. The minimum atomic E-state index is 0.553. The van der Waals surface area contributed by atoms with Crippen LogP contribution in [0, 0.1) is 12.8 Å². The van der Waals surface area contributed by atoms with Crippen LogP contribution in [0.15, 0.2) is 12.1 Å². The van der Waals surface area contributed by atoms with Crippen molar-refractivity contribution < 1.29 is 4.74 Å². The lowest BCUT2D eigenvalue weighted by Gasteiger charge is -2.22. The Morgan fingerprint density at radius 1 is 1.37 bits per heavy atom. The number of benzene rings is 1. The number of ether oxygens (including phenoxy) is 1. The first-order valence-corrected chi connectivity index (χ1v) is 6.82. The third-order valence-corrected chi connectivity index (χ3v) is 3.81. The topological polar surface area (TPSA) is 76.0 Å². The molecule has 2 heterocycles. The van der Waals surface area contributed by atoms with Gasteiger partial charge in [0.1, 0.15) is 5.75 Å². The summed E-state index contributed by atoms with van der Waals surface area (Å²) in [5.41, 5.74) is 7.87. The highest BCUT2D eigenvalue weighted by atomic mass is 16.5. The molecule has 0 atom stereocenters. The summed E-state index contributed by atoms with van der Waals surface area (Å²) in [7, 11) is 0. The number of aromatic nitrogens is 2. The highest BCUT2D eigenvalue weighted by molar-refractivity contribution is 5.92. The van der Waals surface area contributed by atoms with Crippen LogP contribution in [0.2, 0.25) is 0 Å². The van der Waals surface area contributed by atoms with E-state index < -0.39 is 0 Å². The van der Waals surface area contributed by atoms with Crippen LogP contribution in [-0.4, -0.2) is 29.9 Å². The van der Waals surface area contributed by atoms with Gasteiger partial charge in [-0.25, -0.2) is 0 Å². The van der Waals surface area contributed by atoms with Crippen molar-refractivity contribution in [3.05, 3.63) is 17.7 Å². The molecule has 0 saturated carbocycles. The molecule has 2 aromatic rings. The summed E-state index contributed by atoms with van der Waals surface area (Å²) in [6.07, 6.45) is 2.39. The number of H-pyrrole nitrogens is 1. The molecule has 0 radical (unpaired) electrons. The molecule has 1 aliphatic heterocycles. The average Bonchev–Trinajstić information content (AvgIpc) is 2.80. The predicted octanol–water partition coefficient (Wildman–Crippen LogP) is 1.83. The Labute approximate surface area is 112 Å². The van der Waals surface area contributed by atoms with Gasteiger partial charge in [0.15, 0.2) is 5.82 Å². The molecule has 0 unspecified atom stereocenters. The number of piperidine rings is 1. The zero-order valence-corrected chi connectivity index (χ0v) is 11.2. The first-order chi connectivity index (χ1) is 9.24. The number of anilines is 1. The first-order valence-electron chi connectivity index (χ1n) is 6.82. The first kappa shape index (κ1) is 12.3. The summed E-state index contributed by atoms with van der Waals surface area (Å²) in [5, 5.41) is 11.3. The fourth-order valence-corrected chi connectivity index (χ4v) is 2.70. The van der Waals surface area contributed by atoms with E-state index in [-0.39, 0.29) is 0 Å². The standard InChI is InChI=1S/C14H20N4O/c1-9-6-11(7-12-13(9)14(15)18-17-12)19-8-10-2-4-16-5-3-10/h6-7,10,16H,2-5,8H2,1H3,(H3,15,17,18). The molecule has 1 aromatic carbocycles. The van der Waals surface area contributed by atoms with Gasteiger partial charge in [-0.15, -0.1) is 0 Å². The van der Waals surface area contributed by atoms with Gasteiger partial charge >= 0.3 is 0 Å². The molecule has 5 nitrogen and oxygen atoms in total. The van der Waals surface area contributed by atoms with Gasteiger partial charge in [0.25, 0.3) is 0 Å². The van der Waals surface area contributed by atoms with Gasteiger partial charge in [-0.05, 0) is 50.4 Å². The monoisotopic (exact) mass is 260 g/mol. The molecule has 19 heavy (non-hydrogen) atoms. The molecule has 1 saturated heterocycles. The van der Waals surface area contributed by atoms with Crippen LogP contribution in [-0.2, 0) is 0 Å². The van der Waals surface area contributed by atoms with Crippen molar-refractivity contribution in [2.75, 3.05) is 25.4 Å². The summed E-state index contributed by atoms with van der Waals surface area (Å²) < 4.78 is 5.93. The number of hydrogen-bond acceptors (Lipinski definition) is 4. The van der Waals surface area contributed by atoms with E-state index in [9.17, 15) is 0 Å². The minimum absolute atomic E-state index is 0.553. The van der Waals surface area contributed by atoms with Crippen molar-refractivity contribution in [3.63, 3.8) is 0 Å². The summed E-state index contributed by atoms with van der Waals surface area (Å²) in [6, 6.07) is 4.02. The number of nitrogens with zero attached hydrogens (tertiary/aromatic N) is 1. The number of rotatable bonds is 3. The lowest BCUT2D eigenvalue weighted by Crippen LogP contribution is -2.30. The van der Waals surface area contributed by atoms with E-state index in [0.29, 0.717) is 11.7 Å². The van der Waals surface area contributed by atoms with Crippen molar-refractivity contribution in [1.82, 2.24) is 15.5 Å². The quantitative estimate of drug-likeness (QED) is 0.787. The number of nitrogens with one attached hydrogen (secondary N) is 2. The highest BCUT2D eigenvalue weighted by Gasteiger charge is 2.14. The number of aryl methyl sites for hydroxylation is 1. The normalized spacial score (nSPS) is 16.9. The van der Waals surface area contributed by atoms with Crippen LogP contribution < -0.4 is 15.8 Å². The number of fused-ring (bicyclic) bond motifs is 1. The molecular weight excluding hydrogens is 240 g/mol. The molecule has 0 amide bonds. The van der Waals surface area contributed by atoms with E-state index in [4.69, 9.17) is 10.5 Å². The maximum absolute atomic E-state index is 5.93. The third-order valence-electron chi connectivity index (χ3n) is 3.81. The van der Waals surface area contributed by atoms with Crippen LogP contribution in [0.4, 0.5) is 5.82 Å². The van der Waals surface area contributed by atoms with Gasteiger partial charge in [-0.1, -0.05) is 0 Å². The minimum Gasteiger partial charge on any atom is -0.493 e. The zero-order chi connectivity index (χ0) is 13.2. The summed E-state index contributed by atoms with van der Waals surface area (Å²) >= 11 is 0. The second kappa shape index (κ2) is 5.09. The third kappa shape index (κ3) is 2.51. The number of aromatic amines is 1. The van der Waals surface area contributed by atoms with Crippen LogP contribution in [0.3, 0.4) is 0 Å². The lowest BCUT2D eigenvalue weighted by atomic mass is 9.99. The van der Waals surface area contributed by atoms with E-state index in [1.165, 1.54) is 12.8 Å². The second-order valence-corrected chi connectivity index (χ2v) is 5.28. The maximum atomic E-state index is 5.93. The smallest absolute Gasteiger partial charge is 0.153 e. The number of nitrogen functional groups attached to an aromatic ring is 1. The number of nitrogens with two attached hydrogens (primary N) is 1. The summed E-state index contributed by atoms with van der Waals surface area (Å²) in [5.74, 6) is 2.11. The predicted molar refractivity (Wildman–Crippen MR) is 76.3 cm³/mol. The van der Waals surface area contributed by atoms with Crippen LogP contribution in [0.25, 0.3) is 10.9 Å². The van der Waals surface area contributed by atoms with Crippen molar-refractivity contribution in [2.45, 2.75) is 19.8 Å². The molecule has 3 rings (SSSR count). The van der Waals surface area contributed by atoms with Gasteiger partial charge in [-0.2, -0.15) is 5.10 Å². The molecule has 5 heteroatoms. The molecule has 1 aliphatic rings. The molecule has 0 bridgehead atoms. The van der Waals surface area contributed by atoms with Crippen LogP contribution in [0.1, 0.15) is 18.4 Å². The molecule has 4 N–H and O–H groups in total. The van der Waals surface area contributed by atoms with E-state index in [1.807, 2.05) is 19.1 Å². The Balaban J connectivity index is 1.74. The van der Waals surface area contributed by atoms with Gasteiger partial charge in [0, 0.05) is 11.5 Å². The molecule has 1 aromatic heterocycles. The van der Waals surface area contributed by atoms with Crippen LogP contribution >= 0.6 is 0 Å². The van der Waals surface area contributed by atoms with Gasteiger partial charge < -0.3 is 15.8 Å². The molecule has 0 spiro atoms. The molecular formula is C14H20N4O. The SMILES string of the molecule is Cc1cc(OCC2CCNCC2)cc2[nH]nc(N)c12. The lowest BCUT2D eigenvalue weighted by molar-refractivity contribution is 0.215. The number of hydrogen-bond donors (Lipinski definition) is 3. The van der Waals surface area contributed by atoms with E-state index in [2.05, 4.69) is 15.5 Å². The van der Waals surface area contributed by atoms with Crippen molar-refractivity contribution in [2.24, 2.45) is 5.92 Å². The maximum Gasteiger partial charge on any atom is 0.153 e. The second-order valence-electron chi connectivity index (χ2n) is 5.28. The van der Waals surface area contributed by atoms with Gasteiger partial charge in [0.2, 0.25) is 0 Å². The highest BCUT2D eigenvalue weighted by Crippen LogP contribution is 2.27. The summed E-state index contributed by atoms with van der Waals surface area (Å²) in [4.78, 5) is 0.